The Morgan fingerprint density at radius 2 is 1.42 bits per heavy atom. The van der Waals surface area contributed by atoms with Crippen LogP contribution in [0.1, 0.15) is 13.8 Å². The zero-order valence-electron chi connectivity index (χ0n) is 13.6. The molecule has 0 unspecified atom stereocenters. The average molecular weight is 299 g/mol. The molecule has 7 heteroatoms. The molecule has 0 spiro atoms. The number of quaternary nitrogens is 1. The number of likely N-dealkylation sites (N-methyl/N-ethyl adjacent to an activating group) is 1. The fourth-order valence-electron chi connectivity index (χ4n) is 0.434. The molecule has 0 saturated carbocycles. The molecule has 0 amide bonds. The number of phosphoric acid groups is 1. The van der Waals surface area contributed by atoms with Crippen LogP contribution in [-0.4, -0.2) is 74.6 Å². The summed E-state index contributed by atoms with van der Waals surface area (Å²) in [4.78, 5) is 18.6. The third-order valence-corrected chi connectivity index (χ3v) is 1.87. The van der Waals surface area contributed by atoms with E-state index >= 15 is 0 Å². The van der Waals surface area contributed by atoms with Crippen molar-refractivity contribution in [2.24, 2.45) is 0 Å². The maximum Gasteiger partial charge on any atom is 0.469 e. The van der Waals surface area contributed by atoms with Crippen molar-refractivity contribution in [2.45, 2.75) is 13.8 Å². The standard InChI is InChI=1S/C5H14NO4P.C4H8.C3H9N/c1-6(2,3)4-5-10-11(7,8)9;1-3-4-2;1-4(2)3/h4-5H2,1-3H3,(H-,7,8,9);3-4H,1-2H3;1-3H3/p+1. The van der Waals surface area contributed by atoms with Crippen LogP contribution in [0.4, 0.5) is 0 Å². The molecule has 0 aromatic rings. The number of hydrogen-bond donors (Lipinski definition) is 2. The highest BCUT2D eigenvalue weighted by Gasteiger charge is 2.15. The Kier molecular flexibility index (Phi) is 16.0. The Bertz CT molecular complexity index is 250. The summed E-state index contributed by atoms with van der Waals surface area (Å²) in [6, 6.07) is 0. The minimum atomic E-state index is -4.26. The Morgan fingerprint density at radius 3 is 1.58 bits per heavy atom. The van der Waals surface area contributed by atoms with E-state index in [2.05, 4.69) is 4.52 Å². The van der Waals surface area contributed by atoms with E-state index in [1.54, 1.807) is 0 Å². The van der Waals surface area contributed by atoms with E-state index in [0.29, 0.717) is 11.0 Å². The van der Waals surface area contributed by atoms with E-state index < -0.39 is 7.82 Å². The van der Waals surface area contributed by atoms with Crippen LogP contribution < -0.4 is 0 Å². The van der Waals surface area contributed by atoms with Crippen LogP contribution in [-0.2, 0) is 9.09 Å². The lowest BCUT2D eigenvalue weighted by Gasteiger charge is -2.23. The number of rotatable bonds is 4. The SMILES string of the molecule is CC=CC.CN(C)C.C[N+](C)(C)CCOP(=O)(O)O. The highest BCUT2D eigenvalue weighted by molar-refractivity contribution is 7.46. The van der Waals surface area contributed by atoms with Crippen molar-refractivity contribution in [1.82, 2.24) is 4.90 Å². The predicted octanol–water partition coefficient (Wildman–Crippen LogP) is 1.56. The topological polar surface area (TPSA) is 70.0 Å². The van der Waals surface area contributed by atoms with Crippen LogP contribution in [0.5, 0.6) is 0 Å². The Morgan fingerprint density at radius 1 is 1.11 bits per heavy atom. The van der Waals surface area contributed by atoms with E-state index in [0.717, 1.165) is 0 Å². The molecule has 118 valence electrons. The molecule has 19 heavy (non-hydrogen) atoms. The second-order valence-corrected chi connectivity index (χ2v) is 6.59. The smallest absolute Gasteiger partial charge is 0.329 e. The molecule has 0 bridgehead atoms. The maximum atomic E-state index is 10.2. The van der Waals surface area contributed by atoms with Gasteiger partial charge >= 0.3 is 7.82 Å². The minimum absolute atomic E-state index is 0.0772. The van der Waals surface area contributed by atoms with Gasteiger partial charge in [0.1, 0.15) is 13.2 Å². The van der Waals surface area contributed by atoms with Gasteiger partial charge in [-0.05, 0) is 35.0 Å². The van der Waals surface area contributed by atoms with E-state index in [1.807, 2.05) is 73.2 Å². The van der Waals surface area contributed by atoms with Crippen LogP contribution in [0.2, 0.25) is 0 Å². The summed E-state index contributed by atoms with van der Waals surface area (Å²) in [7, 11) is 7.50. The summed E-state index contributed by atoms with van der Waals surface area (Å²) in [6.45, 7) is 4.65. The highest BCUT2D eigenvalue weighted by atomic mass is 31.2. The first-order valence-corrected chi connectivity index (χ1v) is 7.57. The zero-order valence-corrected chi connectivity index (χ0v) is 14.5. The molecule has 0 aliphatic carbocycles. The van der Waals surface area contributed by atoms with Gasteiger partial charge in [0.2, 0.25) is 0 Å². The highest BCUT2D eigenvalue weighted by Crippen LogP contribution is 2.35. The molecule has 6 nitrogen and oxygen atoms in total. The number of nitrogens with zero attached hydrogens (tertiary/aromatic N) is 2. The molecule has 0 fully saturated rings. The number of allylic oxidation sites excluding steroid dienone is 2. The Labute approximate surface area is 118 Å². The van der Waals surface area contributed by atoms with Gasteiger partial charge in [-0.25, -0.2) is 4.57 Å². The van der Waals surface area contributed by atoms with Gasteiger partial charge in [0.15, 0.2) is 0 Å². The van der Waals surface area contributed by atoms with Crippen LogP contribution in [0, 0.1) is 0 Å². The summed E-state index contributed by atoms with van der Waals surface area (Å²) < 4.78 is 15.1. The second kappa shape index (κ2) is 12.8. The molecule has 0 aromatic carbocycles. The lowest BCUT2D eigenvalue weighted by molar-refractivity contribution is -0.870. The van der Waals surface area contributed by atoms with E-state index in [9.17, 15) is 4.57 Å². The summed E-state index contributed by atoms with van der Waals surface area (Å²) in [5.74, 6) is 0. The third kappa shape index (κ3) is 57.5. The van der Waals surface area contributed by atoms with Crippen molar-refractivity contribution in [3.63, 3.8) is 0 Å². The van der Waals surface area contributed by atoms with Crippen molar-refractivity contribution in [2.75, 3.05) is 55.4 Å². The van der Waals surface area contributed by atoms with Crippen molar-refractivity contribution >= 4 is 7.82 Å². The third-order valence-electron chi connectivity index (χ3n) is 1.35. The van der Waals surface area contributed by atoms with Gasteiger partial charge in [-0.3, -0.25) is 4.52 Å². The summed E-state index contributed by atoms with van der Waals surface area (Å²) >= 11 is 0. The monoisotopic (exact) mass is 299 g/mol. The molecule has 0 saturated heterocycles. The number of hydrogen-bond acceptors (Lipinski definition) is 3. The normalized spacial score (nSPS) is 11.7. The second-order valence-electron chi connectivity index (χ2n) is 5.35. The average Bonchev–Trinajstić information content (AvgIpc) is 2.13. The molecule has 0 aliphatic rings. The van der Waals surface area contributed by atoms with E-state index in [-0.39, 0.29) is 6.61 Å². The lowest BCUT2D eigenvalue weighted by atomic mass is 10.5. The van der Waals surface area contributed by atoms with Gasteiger partial charge in [0.25, 0.3) is 0 Å². The molecule has 0 rings (SSSR count). The molecular formula is C12H32N2O4P+. The first kappa shape index (κ1) is 23.8. The Balaban J connectivity index is -0.000000264. The van der Waals surface area contributed by atoms with Crippen molar-refractivity contribution in [3.05, 3.63) is 12.2 Å². The molecule has 0 atom stereocenters. The number of phosphoric ester groups is 1. The van der Waals surface area contributed by atoms with Gasteiger partial charge in [0.05, 0.1) is 21.1 Å². The fraction of sp³-hybridized carbons (Fsp3) is 0.833. The summed E-state index contributed by atoms with van der Waals surface area (Å²) in [5, 5.41) is 0. The minimum Gasteiger partial charge on any atom is -0.329 e. The van der Waals surface area contributed by atoms with Gasteiger partial charge in [-0.2, -0.15) is 0 Å². The lowest BCUT2D eigenvalue weighted by Crippen LogP contribution is -2.37. The largest absolute Gasteiger partial charge is 0.469 e. The first-order chi connectivity index (χ1) is 8.35. The van der Waals surface area contributed by atoms with Crippen molar-refractivity contribution in [1.29, 1.82) is 0 Å². The van der Waals surface area contributed by atoms with Crippen LogP contribution in [0.15, 0.2) is 12.2 Å². The quantitative estimate of drug-likeness (QED) is 0.468. The van der Waals surface area contributed by atoms with Crippen LogP contribution in [0.25, 0.3) is 0 Å². The van der Waals surface area contributed by atoms with Gasteiger partial charge in [-0.15, -0.1) is 0 Å². The molecule has 0 heterocycles. The molecular weight excluding hydrogens is 267 g/mol. The van der Waals surface area contributed by atoms with Gasteiger partial charge < -0.3 is 19.2 Å². The van der Waals surface area contributed by atoms with Crippen LogP contribution in [0.3, 0.4) is 0 Å². The van der Waals surface area contributed by atoms with E-state index in [4.69, 9.17) is 9.79 Å². The maximum absolute atomic E-state index is 10.2. The predicted molar refractivity (Wildman–Crippen MR) is 81.0 cm³/mol. The summed E-state index contributed by atoms with van der Waals surface area (Å²) in [6.07, 6.45) is 4.00. The van der Waals surface area contributed by atoms with Crippen molar-refractivity contribution in [3.8, 4) is 0 Å². The Hall–Kier alpha value is -0.230. The fourth-order valence-corrected chi connectivity index (χ4v) is 0.753. The first-order valence-electron chi connectivity index (χ1n) is 6.04. The summed E-state index contributed by atoms with van der Waals surface area (Å²) in [5.41, 5.74) is 0. The van der Waals surface area contributed by atoms with E-state index in [1.165, 1.54) is 0 Å². The molecule has 0 aromatic heterocycles. The van der Waals surface area contributed by atoms with Gasteiger partial charge in [0, 0.05) is 0 Å². The van der Waals surface area contributed by atoms with Crippen LogP contribution >= 0.6 is 7.82 Å². The molecule has 0 aliphatic heterocycles. The van der Waals surface area contributed by atoms with Crippen molar-refractivity contribution < 1.29 is 23.4 Å². The molecule has 2 N–H and O–H groups in total. The molecule has 0 radical (unpaired) electrons. The van der Waals surface area contributed by atoms with Gasteiger partial charge in [-0.1, -0.05) is 12.2 Å². The zero-order chi connectivity index (χ0) is 16.1.